The first kappa shape index (κ1) is 32.4. The Morgan fingerprint density at radius 3 is 2.59 bits per heavy atom. The summed E-state index contributed by atoms with van der Waals surface area (Å²) in [6, 6.07) is 4.61. The molecule has 0 spiro atoms. The minimum Gasteiger partial charge on any atom is -0.477 e. The molecule has 0 aliphatic carbocycles. The number of aliphatic hydroxyl groups is 4. The quantitative estimate of drug-likeness (QED) is 0.106. The molecule has 0 bridgehead atoms. The molecule has 1 aliphatic rings. The van der Waals surface area contributed by atoms with Crippen molar-refractivity contribution in [3.05, 3.63) is 45.3 Å². The number of amides is 1. The van der Waals surface area contributed by atoms with Gasteiger partial charge in [-0.25, -0.2) is 4.79 Å². The number of carboxylic acids is 1. The van der Waals surface area contributed by atoms with E-state index in [-0.39, 0.29) is 19.1 Å². The second-order valence-electron chi connectivity index (χ2n) is 9.89. The van der Waals surface area contributed by atoms with Crippen LogP contribution in [0, 0.1) is 6.92 Å². The molecule has 0 radical (unpaired) electrons. The van der Waals surface area contributed by atoms with Gasteiger partial charge >= 0.3 is 5.97 Å². The lowest BCUT2D eigenvalue weighted by molar-refractivity contribution is -0.315. The molecule has 1 fully saturated rings. The maximum Gasteiger partial charge on any atom is 0.364 e. The van der Waals surface area contributed by atoms with Crippen LogP contribution in [0.1, 0.15) is 49.8 Å². The van der Waals surface area contributed by atoms with E-state index in [9.17, 15) is 35.1 Å². The fourth-order valence-electron chi connectivity index (χ4n) is 4.42. The van der Waals surface area contributed by atoms with Crippen LogP contribution in [0.4, 0.5) is 0 Å². The fraction of sp³-hybridized carbons (Fsp3) is 0.680. The first-order valence-electron chi connectivity index (χ1n) is 12.5. The Labute approximate surface area is 226 Å². The largest absolute Gasteiger partial charge is 0.477 e. The number of carbonyl (C=O) groups excluding carboxylic acids is 1. The zero-order valence-corrected chi connectivity index (χ0v) is 22.4. The van der Waals surface area contributed by atoms with Gasteiger partial charge in [0.1, 0.15) is 18.3 Å². The molecule has 1 aromatic rings. The maximum atomic E-state index is 12.4. The summed E-state index contributed by atoms with van der Waals surface area (Å²) in [6.45, 7) is 5.70. The summed E-state index contributed by atoms with van der Waals surface area (Å²) in [6.07, 6.45) is -8.49. The molecule has 6 N–H and O–H groups in total. The summed E-state index contributed by atoms with van der Waals surface area (Å²) in [4.78, 5) is 26.8. The number of aryl methyl sites for hydroxylation is 1. The number of hydrogen-bond donors (Lipinski definition) is 6. The minimum atomic E-state index is -2.53. The van der Waals surface area contributed by atoms with E-state index in [0.29, 0.717) is 0 Å². The molecule has 218 valence electrons. The Bertz CT molecular complexity index is 1030. The molecular formula is C25H38N4O10. The van der Waals surface area contributed by atoms with Crippen molar-refractivity contribution in [3.8, 4) is 0 Å². The van der Waals surface area contributed by atoms with E-state index in [2.05, 4.69) is 15.3 Å². The highest BCUT2D eigenvalue weighted by Crippen LogP contribution is 2.34. The van der Waals surface area contributed by atoms with Crippen molar-refractivity contribution in [1.29, 1.82) is 0 Å². The van der Waals surface area contributed by atoms with Crippen molar-refractivity contribution in [2.75, 3.05) is 19.8 Å². The van der Waals surface area contributed by atoms with Gasteiger partial charge in [0.05, 0.1) is 44.6 Å². The van der Waals surface area contributed by atoms with Gasteiger partial charge in [-0.1, -0.05) is 42.7 Å². The summed E-state index contributed by atoms with van der Waals surface area (Å²) in [5, 5.41) is 56.4. The maximum absolute atomic E-state index is 12.4. The molecular weight excluding hydrogens is 516 g/mol. The molecule has 2 rings (SSSR count). The first-order chi connectivity index (χ1) is 18.3. The van der Waals surface area contributed by atoms with Crippen LogP contribution in [0.15, 0.2) is 23.3 Å². The average molecular weight is 555 g/mol. The van der Waals surface area contributed by atoms with Crippen LogP contribution in [0.5, 0.6) is 0 Å². The zero-order chi connectivity index (χ0) is 29.3. The summed E-state index contributed by atoms with van der Waals surface area (Å²) in [5.74, 6) is -4.58. The third kappa shape index (κ3) is 8.59. The highest BCUT2D eigenvalue weighted by Gasteiger charge is 2.56. The van der Waals surface area contributed by atoms with Crippen molar-refractivity contribution in [1.82, 2.24) is 5.32 Å². The van der Waals surface area contributed by atoms with E-state index < -0.39 is 73.9 Å². The van der Waals surface area contributed by atoms with Gasteiger partial charge in [-0.05, 0) is 29.5 Å². The highest BCUT2D eigenvalue weighted by molar-refractivity contribution is 5.76. The topological polar surface area (TPSA) is 224 Å². The molecule has 0 unspecified atom stereocenters. The van der Waals surface area contributed by atoms with Crippen molar-refractivity contribution in [3.63, 3.8) is 0 Å². The van der Waals surface area contributed by atoms with Gasteiger partial charge in [0, 0.05) is 18.3 Å². The number of ether oxygens (including phenoxy) is 3. The molecule has 1 aromatic carbocycles. The van der Waals surface area contributed by atoms with Crippen molar-refractivity contribution >= 4 is 11.9 Å². The van der Waals surface area contributed by atoms with Crippen LogP contribution >= 0.6 is 0 Å². The van der Waals surface area contributed by atoms with Gasteiger partial charge in [-0.3, -0.25) is 4.79 Å². The zero-order valence-electron chi connectivity index (χ0n) is 22.4. The number of carbonyl (C=O) groups is 2. The van der Waals surface area contributed by atoms with Gasteiger partial charge in [-0.15, -0.1) is 0 Å². The Hall–Kier alpha value is -2.81. The summed E-state index contributed by atoms with van der Waals surface area (Å²) < 4.78 is 17.2. The third-order valence-corrected chi connectivity index (χ3v) is 6.43. The fourth-order valence-corrected chi connectivity index (χ4v) is 4.42. The lowest BCUT2D eigenvalue weighted by Gasteiger charge is -2.46. The third-order valence-electron chi connectivity index (χ3n) is 6.43. The predicted octanol–water partition coefficient (Wildman–Crippen LogP) is 0.480. The Kier molecular flexibility index (Phi) is 12.1. The number of aliphatic hydroxyl groups excluding tert-OH is 4. The van der Waals surface area contributed by atoms with Crippen molar-refractivity contribution in [2.45, 2.75) is 89.0 Å². The van der Waals surface area contributed by atoms with Crippen LogP contribution in [-0.2, 0) is 30.4 Å². The van der Waals surface area contributed by atoms with Crippen LogP contribution in [0.2, 0.25) is 0 Å². The summed E-state index contributed by atoms with van der Waals surface area (Å²) >= 11 is 0. The van der Waals surface area contributed by atoms with E-state index in [1.165, 1.54) is 0 Å². The molecule has 1 saturated heterocycles. The van der Waals surface area contributed by atoms with Crippen molar-refractivity contribution < 1.29 is 49.3 Å². The first-order valence-corrected chi connectivity index (χ1v) is 12.5. The molecule has 0 aromatic heterocycles. The molecule has 39 heavy (non-hydrogen) atoms. The number of nitrogens with one attached hydrogen (secondary N) is 1. The van der Waals surface area contributed by atoms with Crippen LogP contribution in [0.25, 0.3) is 10.4 Å². The normalized spacial score (nSPS) is 25.4. The SMILES string of the molecule is CC(=O)N[C@H]1[C@H]([C@@H](O)[C@H](O)CO)O[C@@](OC[C@@H](CN=[N+]=[N-])OCc2cc(C)ccc2C(C)C)(C(=O)O)C[C@@H]1O. The van der Waals surface area contributed by atoms with Gasteiger partial charge in [-0.2, -0.15) is 0 Å². The molecule has 1 heterocycles. The van der Waals surface area contributed by atoms with Gasteiger partial charge < -0.3 is 45.1 Å². The Balaban J connectivity index is 2.29. The molecule has 14 nitrogen and oxygen atoms in total. The standard InChI is InChI=1S/C25H38N4O10/c1-13(2)18-6-5-14(3)7-16(18)11-37-17(9-27-29-26)12-38-25(24(35)36)8-19(32)21(28-15(4)31)23(39-25)22(34)20(33)10-30/h5-7,13,17,19-23,30,32-34H,8-12H2,1-4H3,(H,28,31)(H,35,36)/t17-,19+,20-,21-,22+,23-,25-/m1/s1. The van der Waals surface area contributed by atoms with E-state index in [0.717, 1.165) is 23.6 Å². The monoisotopic (exact) mass is 554 g/mol. The van der Waals surface area contributed by atoms with E-state index in [1.807, 2.05) is 39.0 Å². The number of aliphatic carboxylic acids is 1. The lowest BCUT2D eigenvalue weighted by Crippen LogP contribution is -2.68. The molecule has 14 heteroatoms. The number of rotatable bonds is 14. The highest BCUT2D eigenvalue weighted by atomic mass is 16.7. The number of carboxylic acid groups (broad SMARTS) is 1. The van der Waals surface area contributed by atoms with Crippen molar-refractivity contribution in [2.24, 2.45) is 5.11 Å². The second kappa shape index (κ2) is 14.5. The van der Waals surface area contributed by atoms with Gasteiger partial charge in [0.15, 0.2) is 0 Å². The average Bonchev–Trinajstić information content (AvgIpc) is 2.88. The minimum absolute atomic E-state index is 0.113. The molecule has 1 aliphatic heterocycles. The number of azide groups is 1. The van der Waals surface area contributed by atoms with E-state index in [1.54, 1.807) is 0 Å². The molecule has 7 atom stereocenters. The lowest BCUT2D eigenvalue weighted by atomic mass is 9.88. The molecule has 1 amide bonds. The van der Waals surface area contributed by atoms with Gasteiger partial charge in [0.2, 0.25) is 5.91 Å². The predicted molar refractivity (Wildman–Crippen MR) is 136 cm³/mol. The van der Waals surface area contributed by atoms with E-state index in [4.69, 9.17) is 19.7 Å². The Morgan fingerprint density at radius 1 is 1.33 bits per heavy atom. The smallest absolute Gasteiger partial charge is 0.364 e. The van der Waals surface area contributed by atoms with Crippen LogP contribution < -0.4 is 5.32 Å². The van der Waals surface area contributed by atoms with Crippen LogP contribution in [0.3, 0.4) is 0 Å². The number of hydrogen-bond acceptors (Lipinski definition) is 10. The number of nitrogens with zero attached hydrogens (tertiary/aromatic N) is 3. The summed E-state index contributed by atoms with van der Waals surface area (Å²) in [7, 11) is 0. The van der Waals surface area contributed by atoms with Gasteiger partial charge in [0.25, 0.3) is 5.79 Å². The summed E-state index contributed by atoms with van der Waals surface area (Å²) in [5.41, 5.74) is 11.8. The Morgan fingerprint density at radius 2 is 2.03 bits per heavy atom. The number of benzene rings is 1. The van der Waals surface area contributed by atoms with E-state index >= 15 is 0 Å². The second-order valence-corrected chi connectivity index (χ2v) is 9.89. The van der Waals surface area contributed by atoms with Crippen LogP contribution in [-0.4, -0.2) is 99.5 Å². The molecule has 0 saturated carbocycles.